The molecule has 2 aromatic rings. The van der Waals surface area contributed by atoms with E-state index in [1.54, 1.807) is 0 Å². The van der Waals surface area contributed by atoms with E-state index in [1.807, 2.05) is 0 Å². The number of rotatable bonds is 2. The molecule has 0 N–H and O–H groups in total. The van der Waals surface area contributed by atoms with Gasteiger partial charge in [-0.2, -0.15) is 17.6 Å². The summed E-state index contributed by atoms with van der Waals surface area (Å²) in [5, 5.41) is 0. The molecule has 0 amide bonds. The highest BCUT2D eigenvalue weighted by Gasteiger charge is 2.30. The van der Waals surface area contributed by atoms with Crippen LogP contribution in [0.25, 0.3) is 0 Å². The van der Waals surface area contributed by atoms with Gasteiger partial charge in [0.15, 0.2) is 11.6 Å². The Kier molecular flexibility index (Phi) is 3.94. The van der Waals surface area contributed by atoms with Crippen molar-refractivity contribution in [2.45, 2.75) is 0 Å². The van der Waals surface area contributed by atoms with Gasteiger partial charge in [0.1, 0.15) is 0 Å². The molecular formula is C12HF9O. The van der Waals surface area contributed by atoms with Crippen LogP contribution < -0.4 is 4.74 Å². The molecule has 0 spiro atoms. The second-order valence-electron chi connectivity index (χ2n) is 3.80. The number of ether oxygens (including phenoxy) is 1. The normalized spacial score (nSPS) is 11.0. The molecule has 0 aromatic heterocycles. The number of benzene rings is 2. The first-order chi connectivity index (χ1) is 10.2. The van der Waals surface area contributed by atoms with E-state index in [9.17, 15) is 39.5 Å². The number of hydrogen-bond acceptors (Lipinski definition) is 1. The summed E-state index contributed by atoms with van der Waals surface area (Å²) in [6, 6.07) is -0.240. The molecule has 0 saturated heterocycles. The van der Waals surface area contributed by atoms with Crippen LogP contribution in [0.2, 0.25) is 0 Å². The van der Waals surface area contributed by atoms with Gasteiger partial charge in [-0.3, -0.25) is 0 Å². The Hall–Kier alpha value is -2.39. The minimum absolute atomic E-state index is 0.240. The van der Waals surface area contributed by atoms with Crippen molar-refractivity contribution in [3.8, 4) is 11.5 Å². The van der Waals surface area contributed by atoms with E-state index < -0.39 is 63.9 Å². The summed E-state index contributed by atoms with van der Waals surface area (Å²) < 4.78 is 121. The lowest BCUT2D eigenvalue weighted by atomic mass is 10.2. The van der Waals surface area contributed by atoms with Crippen LogP contribution in [0.4, 0.5) is 39.5 Å². The third-order valence-corrected chi connectivity index (χ3v) is 2.45. The average molecular weight is 332 g/mol. The molecular weight excluding hydrogens is 331 g/mol. The third-order valence-electron chi connectivity index (χ3n) is 2.45. The fourth-order valence-corrected chi connectivity index (χ4v) is 1.42. The Balaban J connectivity index is 2.68. The largest absolute Gasteiger partial charge is 0.444 e. The first-order valence-electron chi connectivity index (χ1n) is 5.19. The van der Waals surface area contributed by atoms with Crippen molar-refractivity contribution in [3.05, 3.63) is 58.4 Å². The first-order valence-corrected chi connectivity index (χ1v) is 5.19. The van der Waals surface area contributed by atoms with Crippen LogP contribution in [0, 0.1) is 52.4 Å². The minimum Gasteiger partial charge on any atom is -0.444 e. The third kappa shape index (κ3) is 2.34. The van der Waals surface area contributed by atoms with E-state index in [1.165, 1.54) is 0 Å². The van der Waals surface area contributed by atoms with Gasteiger partial charge in [-0.1, -0.05) is 0 Å². The van der Waals surface area contributed by atoms with Crippen LogP contribution in [0.5, 0.6) is 11.5 Å². The van der Waals surface area contributed by atoms with Crippen molar-refractivity contribution >= 4 is 0 Å². The summed E-state index contributed by atoms with van der Waals surface area (Å²) in [5.41, 5.74) is 0. The monoisotopic (exact) mass is 332 g/mol. The lowest BCUT2D eigenvalue weighted by Crippen LogP contribution is -2.07. The van der Waals surface area contributed by atoms with Crippen molar-refractivity contribution in [2.75, 3.05) is 0 Å². The molecule has 1 nitrogen and oxygen atoms in total. The van der Waals surface area contributed by atoms with Gasteiger partial charge in [-0.25, -0.2) is 22.0 Å². The molecule has 2 aromatic carbocycles. The van der Waals surface area contributed by atoms with Gasteiger partial charge in [0.05, 0.1) is 0 Å². The second-order valence-corrected chi connectivity index (χ2v) is 3.80. The molecule has 2 rings (SSSR count). The van der Waals surface area contributed by atoms with Crippen molar-refractivity contribution in [2.24, 2.45) is 0 Å². The van der Waals surface area contributed by atoms with Crippen LogP contribution >= 0.6 is 0 Å². The fourth-order valence-electron chi connectivity index (χ4n) is 1.42. The van der Waals surface area contributed by atoms with E-state index in [2.05, 4.69) is 4.74 Å². The van der Waals surface area contributed by atoms with E-state index in [4.69, 9.17) is 0 Å². The number of halogens is 9. The smallest absolute Gasteiger partial charge is 0.207 e. The highest BCUT2D eigenvalue weighted by atomic mass is 19.2. The molecule has 0 aliphatic heterocycles. The van der Waals surface area contributed by atoms with E-state index >= 15 is 0 Å². The molecule has 22 heavy (non-hydrogen) atoms. The Morgan fingerprint density at radius 1 is 0.455 bits per heavy atom. The van der Waals surface area contributed by atoms with Gasteiger partial charge in [-0.05, 0) is 0 Å². The molecule has 0 aliphatic rings. The van der Waals surface area contributed by atoms with Crippen molar-refractivity contribution in [3.63, 3.8) is 0 Å². The van der Waals surface area contributed by atoms with Gasteiger partial charge in [0, 0.05) is 6.07 Å². The minimum atomic E-state index is -2.55. The maximum Gasteiger partial charge on any atom is 0.207 e. The van der Waals surface area contributed by atoms with Gasteiger partial charge in [0.2, 0.25) is 52.2 Å². The predicted molar refractivity (Wildman–Crippen MR) is 52.6 cm³/mol. The summed E-state index contributed by atoms with van der Waals surface area (Å²) in [5.74, 6) is -25.2. The molecule has 0 fully saturated rings. The van der Waals surface area contributed by atoms with Gasteiger partial charge >= 0.3 is 0 Å². The maximum absolute atomic E-state index is 13.3. The summed E-state index contributed by atoms with van der Waals surface area (Å²) >= 11 is 0. The molecule has 0 saturated carbocycles. The van der Waals surface area contributed by atoms with Crippen molar-refractivity contribution < 1.29 is 44.3 Å². The predicted octanol–water partition coefficient (Wildman–Crippen LogP) is 4.73. The molecule has 0 unspecified atom stereocenters. The van der Waals surface area contributed by atoms with Gasteiger partial charge < -0.3 is 4.74 Å². The number of hydrogen-bond donors (Lipinski definition) is 0. The van der Waals surface area contributed by atoms with Crippen LogP contribution in [0.15, 0.2) is 6.07 Å². The molecule has 10 heteroatoms. The van der Waals surface area contributed by atoms with Crippen LogP contribution in [0.3, 0.4) is 0 Å². The van der Waals surface area contributed by atoms with Crippen LogP contribution in [-0.4, -0.2) is 0 Å². The van der Waals surface area contributed by atoms with E-state index in [0.29, 0.717) is 0 Å². The lowest BCUT2D eigenvalue weighted by Gasteiger charge is -2.11. The van der Waals surface area contributed by atoms with Crippen molar-refractivity contribution in [1.82, 2.24) is 0 Å². The van der Waals surface area contributed by atoms with E-state index in [-0.39, 0.29) is 6.07 Å². The SMILES string of the molecule is Fc1cc(F)c(F)c(Oc2c(F)c(F)c(F)c(F)c2F)c1F. The zero-order valence-corrected chi connectivity index (χ0v) is 9.89. The summed E-state index contributed by atoms with van der Waals surface area (Å²) in [7, 11) is 0. The maximum atomic E-state index is 13.3. The Morgan fingerprint density at radius 2 is 0.773 bits per heavy atom. The quantitative estimate of drug-likeness (QED) is 0.439. The van der Waals surface area contributed by atoms with Crippen LogP contribution in [-0.2, 0) is 0 Å². The van der Waals surface area contributed by atoms with Gasteiger partial charge in [-0.15, -0.1) is 0 Å². The molecule has 0 atom stereocenters. The highest BCUT2D eigenvalue weighted by molar-refractivity contribution is 5.37. The molecule has 0 heterocycles. The molecule has 118 valence electrons. The second kappa shape index (κ2) is 5.43. The standard InChI is InChI=1S/C12HF9O/c13-2-1-3(14)5(16)11(4(2)15)22-12-9(20)7(18)6(17)8(19)10(12)21/h1H. The fraction of sp³-hybridized carbons (Fsp3) is 0. The lowest BCUT2D eigenvalue weighted by molar-refractivity contribution is 0.308. The average Bonchev–Trinajstić information content (AvgIpc) is 2.48. The topological polar surface area (TPSA) is 9.23 Å². The molecule has 0 radical (unpaired) electrons. The molecule has 0 aliphatic carbocycles. The van der Waals surface area contributed by atoms with E-state index in [0.717, 1.165) is 0 Å². The zero-order valence-electron chi connectivity index (χ0n) is 9.89. The van der Waals surface area contributed by atoms with Crippen LogP contribution in [0.1, 0.15) is 0 Å². The summed E-state index contributed by atoms with van der Waals surface area (Å²) in [6.45, 7) is 0. The summed E-state index contributed by atoms with van der Waals surface area (Å²) in [6.07, 6.45) is 0. The Morgan fingerprint density at radius 3 is 1.18 bits per heavy atom. The van der Waals surface area contributed by atoms with Gasteiger partial charge in [0.25, 0.3) is 0 Å². The first kappa shape index (κ1) is 16.0. The summed E-state index contributed by atoms with van der Waals surface area (Å²) in [4.78, 5) is 0. The molecule has 0 bridgehead atoms. The highest BCUT2D eigenvalue weighted by Crippen LogP contribution is 2.36. The van der Waals surface area contributed by atoms with Crippen molar-refractivity contribution in [1.29, 1.82) is 0 Å². The Labute approximate surface area is 115 Å². The Bertz CT molecular complexity index is 717. The zero-order chi connectivity index (χ0) is 16.8.